The number of terminal acetylenes is 1. The Morgan fingerprint density at radius 2 is 1.39 bits per heavy atom. The molecule has 0 heterocycles. The highest BCUT2D eigenvalue weighted by Gasteiger charge is 1.97. The average molecular weight is 258 g/mol. The van der Waals surface area contributed by atoms with Crippen molar-refractivity contribution in [1.29, 1.82) is 0 Å². The van der Waals surface area contributed by atoms with Crippen LogP contribution in [0.25, 0.3) is 0 Å². The molecular weight excluding hydrogens is 232 g/mol. The molecule has 106 valence electrons. The van der Waals surface area contributed by atoms with Crippen LogP contribution in [-0.2, 0) is 18.9 Å². The van der Waals surface area contributed by atoms with Crippen LogP contribution in [-0.4, -0.2) is 52.9 Å². The van der Waals surface area contributed by atoms with Gasteiger partial charge in [-0.1, -0.05) is 26.2 Å². The second-order valence-electron chi connectivity index (χ2n) is 4.07. The Morgan fingerprint density at radius 1 is 0.889 bits per heavy atom. The molecule has 0 aromatic rings. The van der Waals surface area contributed by atoms with E-state index in [4.69, 9.17) is 25.4 Å². The summed E-state index contributed by atoms with van der Waals surface area (Å²) in [6.07, 6.45) is 6.18. The molecule has 0 aromatic carbocycles. The Kier molecular flexibility index (Phi) is 14.0. The molecule has 0 amide bonds. The van der Waals surface area contributed by atoms with E-state index < -0.39 is 0 Å². The van der Waals surface area contributed by atoms with E-state index in [-0.39, 0.29) is 0 Å². The fraction of sp³-hybridized carbons (Fsp3) is 0.857. The first-order valence-electron chi connectivity index (χ1n) is 6.55. The van der Waals surface area contributed by atoms with Gasteiger partial charge < -0.3 is 18.9 Å². The summed E-state index contributed by atoms with van der Waals surface area (Å²) in [5.74, 6) is 3.02. The maximum Gasteiger partial charge on any atom is 0.107 e. The summed E-state index contributed by atoms with van der Waals surface area (Å²) < 4.78 is 21.1. The summed E-state index contributed by atoms with van der Waals surface area (Å²) in [5, 5.41) is 0. The quantitative estimate of drug-likeness (QED) is 0.372. The number of hydrogen-bond acceptors (Lipinski definition) is 4. The van der Waals surface area contributed by atoms with E-state index in [1.54, 1.807) is 0 Å². The van der Waals surface area contributed by atoms with E-state index in [1.165, 1.54) is 0 Å². The lowest BCUT2D eigenvalue weighted by Gasteiger charge is -2.09. The highest BCUT2D eigenvalue weighted by Crippen LogP contribution is 1.99. The van der Waals surface area contributed by atoms with Crippen LogP contribution in [0.4, 0.5) is 0 Å². The van der Waals surface area contributed by atoms with Crippen molar-refractivity contribution in [3.05, 3.63) is 0 Å². The van der Waals surface area contributed by atoms with Gasteiger partial charge in [-0.15, -0.1) is 6.42 Å². The van der Waals surface area contributed by atoms with Gasteiger partial charge >= 0.3 is 0 Å². The largest absolute Gasteiger partial charge is 0.379 e. The molecule has 0 aliphatic rings. The standard InChI is InChI=1S/C14H26O4/c1-4-6-15-7-8-16-9-10-17-11-12-18-13-14(3)5-2/h1,14H,5-13H2,2-3H3. The topological polar surface area (TPSA) is 36.9 Å². The average Bonchev–Trinajstić information content (AvgIpc) is 2.39. The van der Waals surface area contributed by atoms with Gasteiger partial charge in [-0.25, -0.2) is 0 Å². The van der Waals surface area contributed by atoms with Crippen LogP contribution < -0.4 is 0 Å². The van der Waals surface area contributed by atoms with Gasteiger partial charge in [-0.3, -0.25) is 0 Å². The maximum atomic E-state index is 5.45. The lowest BCUT2D eigenvalue weighted by Crippen LogP contribution is -2.13. The van der Waals surface area contributed by atoms with Crippen LogP contribution in [0.3, 0.4) is 0 Å². The molecule has 1 atom stereocenters. The van der Waals surface area contributed by atoms with Crippen LogP contribution in [0.15, 0.2) is 0 Å². The van der Waals surface area contributed by atoms with Crippen LogP contribution in [0.5, 0.6) is 0 Å². The van der Waals surface area contributed by atoms with E-state index >= 15 is 0 Å². The molecule has 0 saturated carbocycles. The van der Waals surface area contributed by atoms with Gasteiger partial charge in [0.05, 0.1) is 39.6 Å². The minimum atomic E-state index is 0.341. The van der Waals surface area contributed by atoms with E-state index in [9.17, 15) is 0 Å². The minimum Gasteiger partial charge on any atom is -0.379 e. The SMILES string of the molecule is C#CCOCCOCCOCCOCC(C)CC. The van der Waals surface area contributed by atoms with Crippen molar-refractivity contribution in [2.45, 2.75) is 20.3 Å². The number of hydrogen-bond donors (Lipinski definition) is 0. The second kappa shape index (κ2) is 14.5. The van der Waals surface area contributed by atoms with Gasteiger partial charge in [0, 0.05) is 6.61 Å². The number of ether oxygens (including phenoxy) is 4. The Hall–Kier alpha value is -0.600. The van der Waals surface area contributed by atoms with Crippen molar-refractivity contribution < 1.29 is 18.9 Å². The highest BCUT2D eigenvalue weighted by molar-refractivity contribution is 4.82. The van der Waals surface area contributed by atoms with E-state index in [1.807, 2.05) is 0 Å². The summed E-state index contributed by atoms with van der Waals surface area (Å²) >= 11 is 0. The van der Waals surface area contributed by atoms with Crippen LogP contribution in [0.1, 0.15) is 20.3 Å². The first-order valence-corrected chi connectivity index (χ1v) is 6.55. The third kappa shape index (κ3) is 13.5. The summed E-state index contributed by atoms with van der Waals surface area (Å²) in [6.45, 7) is 9.00. The molecule has 0 saturated heterocycles. The first-order chi connectivity index (χ1) is 8.81. The van der Waals surface area contributed by atoms with Crippen LogP contribution >= 0.6 is 0 Å². The second-order valence-corrected chi connectivity index (χ2v) is 4.07. The zero-order valence-electron chi connectivity index (χ0n) is 11.7. The lowest BCUT2D eigenvalue weighted by atomic mass is 10.1. The van der Waals surface area contributed by atoms with Gasteiger partial charge in [0.1, 0.15) is 6.61 Å². The Balaban J connectivity index is 2.97. The third-order valence-electron chi connectivity index (χ3n) is 2.40. The molecule has 4 heteroatoms. The molecule has 4 nitrogen and oxygen atoms in total. The molecule has 18 heavy (non-hydrogen) atoms. The molecule has 0 spiro atoms. The van der Waals surface area contributed by atoms with E-state index in [2.05, 4.69) is 19.8 Å². The molecule has 1 unspecified atom stereocenters. The van der Waals surface area contributed by atoms with E-state index in [0.29, 0.717) is 52.2 Å². The van der Waals surface area contributed by atoms with Crippen molar-refractivity contribution >= 4 is 0 Å². The van der Waals surface area contributed by atoms with Gasteiger partial charge in [-0.05, 0) is 5.92 Å². The van der Waals surface area contributed by atoms with Crippen LogP contribution in [0.2, 0.25) is 0 Å². The Morgan fingerprint density at radius 3 is 1.89 bits per heavy atom. The minimum absolute atomic E-state index is 0.341. The normalized spacial score (nSPS) is 12.3. The number of rotatable bonds is 13. The van der Waals surface area contributed by atoms with Gasteiger partial charge in [0.25, 0.3) is 0 Å². The monoisotopic (exact) mass is 258 g/mol. The fourth-order valence-electron chi connectivity index (χ4n) is 1.09. The summed E-state index contributed by atoms with van der Waals surface area (Å²) in [6, 6.07) is 0. The lowest BCUT2D eigenvalue weighted by molar-refractivity contribution is -0.00270. The van der Waals surface area contributed by atoms with Gasteiger partial charge in [0.15, 0.2) is 0 Å². The molecule has 0 aliphatic carbocycles. The van der Waals surface area contributed by atoms with Crippen molar-refractivity contribution in [2.75, 3.05) is 52.9 Å². The summed E-state index contributed by atoms with van der Waals surface area (Å²) in [5.41, 5.74) is 0. The smallest absolute Gasteiger partial charge is 0.107 e. The maximum absolute atomic E-state index is 5.45. The zero-order chi connectivity index (χ0) is 13.5. The van der Waals surface area contributed by atoms with Crippen molar-refractivity contribution in [3.63, 3.8) is 0 Å². The van der Waals surface area contributed by atoms with Gasteiger partial charge in [-0.2, -0.15) is 0 Å². The molecule has 0 radical (unpaired) electrons. The predicted octanol–water partition coefficient (Wildman–Crippen LogP) is 1.73. The first kappa shape index (κ1) is 17.4. The highest BCUT2D eigenvalue weighted by atomic mass is 16.6. The van der Waals surface area contributed by atoms with Crippen molar-refractivity contribution in [2.24, 2.45) is 5.92 Å². The molecule has 0 aromatic heterocycles. The summed E-state index contributed by atoms with van der Waals surface area (Å²) in [7, 11) is 0. The van der Waals surface area contributed by atoms with Crippen molar-refractivity contribution in [3.8, 4) is 12.3 Å². The predicted molar refractivity (Wildman–Crippen MR) is 71.6 cm³/mol. The molecule has 0 rings (SSSR count). The zero-order valence-corrected chi connectivity index (χ0v) is 11.7. The molecular formula is C14H26O4. The summed E-state index contributed by atoms with van der Waals surface area (Å²) in [4.78, 5) is 0. The van der Waals surface area contributed by atoms with Crippen molar-refractivity contribution in [1.82, 2.24) is 0 Å². The third-order valence-corrected chi connectivity index (χ3v) is 2.40. The Labute approximate surface area is 111 Å². The fourth-order valence-corrected chi connectivity index (χ4v) is 1.09. The molecule has 0 bridgehead atoms. The molecule has 0 N–H and O–H groups in total. The Bertz CT molecular complexity index is 200. The molecule has 0 fully saturated rings. The van der Waals surface area contributed by atoms with E-state index in [0.717, 1.165) is 13.0 Å². The van der Waals surface area contributed by atoms with Crippen LogP contribution in [0, 0.1) is 18.3 Å². The molecule has 0 aliphatic heterocycles. The van der Waals surface area contributed by atoms with Gasteiger partial charge in [0.2, 0.25) is 0 Å².